The monoisotopic (exact) mass is 212 g/mol. The molecule has 0 aromatic heterocycles. The second kappa shape index (κ2) is 7.24. The van der Waals surface area contributed by atoms with Crippen molar-refractivity contribution in [3.05, 3.63) is 0 Å². The van der Waals surface area contributed by atoms with E-state index in [1.54, 1.807) is 0 Å². The van der Waals surface area contributed by atoms with Crippen molar-refractivity contribution in [2.24, 2.45) is 17.6 Å². The summed E-state index contributed by atoms with van der Waals surface area (Å²) in [6.45, 7) is 9.21. The lowest BCUT2D eigenvalue weighted by Crippen LogP contribution is -2.35. The molecule has 0 saturated heterocycles. The molecule has 1 aliphatic carbocycles. The maximum Gasteiger partial charge on any atom is 0.00218 e. The van der Waals surface area contributed by atoms with E-state index in [1.165, 1.54) is 51.7 Å². The molecule has 0 amide bonds. The Morgan fingerprint density at radius 2 is 2.00 bits per heavy atom. The van der Waals surface area contributed by atoms with Crippen LogP contribution in [0.1, 0.15) is 46.0 Å². The van der Waals surface area contributed by atoms with Crippen LogP contribution in [-0.4, -0.2) is 31.1 Å². The summed E-state index contributed by atoms with van der Waals surface area (Å²) in [5.74, 6) is 1.73. The van der Waals surface area contributed by atoms with Crippen LogP contribution >= 0.6 is 0 Å². The third-order valence-corrected chi connectivity index (χ3v) is 3.30. The summed E-state index contributed by atoms with van der Waals surface area (Å²) in [6.07, 6.45) is 6.76. The van der Waals surface area contributed by atoms with Gasteiger partial charge in [-0.2, -0.15) is 0 Å². The maximum atomic E-state index is 5.82. The molecule has 15 heavy (non-hydrogen) atoms. The van der Waals surface area contributed by atoms with E-state index in [4.69, 9.17) is 5.73 Å². The van der Waals surface area contributed by atoms with Gasteiger partial charge in [-0.05, 0) is 50.6 Å². The first kappa shape index (κ1) is 13.0. The van der Waals surface area contributed by atoms with E-state index >= 15 is 0 Å². The molecule has 1 unspecified atom stereocenters. The summed E-state index contributed by atoms with van der Waals surface area (Å²) < 4.78 is 0. The summed E-state index contributed by atoms with van der Waals surface area (Å²) in [7, 11) is 0. The predicted octanol–water partition coefficient (Wildman–Crippen LogP) is 2.48. The van der Waals surface area contributed by atoms with Crippen molar-refractivity contribution in [3.8, 4) is 0 Å². The molecule has 90 valence electrons. The normalized spacial score (nSPS) is 18.4. The standard InChI is InChI=1S/C13H28N2/c1-3-5-13(9-14)11-15(8-4-2)10-12-6-7-12/h12-13H,3-11,14H2,1-2H3. The average molecular weight is 212 g/mol. The zero-order valence-electron chi connectivity index (χ0n) is 10.5. The third-order valence-electron chi connectivity index (χ3n) is 3.30. The van der Waals surface area contributed by atoms with E-state index < -0.39 is 0 Å². The fourth-order valence-electron chi connectivity index (χ4n) is 2.30. The Kier molecular flexibility index (Phi) is 6.26. The summed E-state index contributed by atoms with van der Waals surface area (Å²) in [6, 6.07) is 0. The lowest BCUT2D eigenvalue weighted by molar-refractivity contribution is 0.218. The quantitative estimate of drug-likeness (QED) is 0.636. The molecule has 2 N–H and O–H groups in total. The van der Waals surface area contributed by atoms with Crippen molar-refractivity contribution in [2.75, 3.05) is 26.2 Å². The first-order valence-electron chi connectivity index (χ1n) is 6.72. The van der Waals surface area contributed by atoms with Gasteiger partial charge in [0.2, 0.25) is 0 Å². The molecule has 0 radical (unpaired) electrons. The van der Waals surface area contributed by atoms with Gasteiger partial charge in [0.15, 0.2) is 0 Å². The van der Waals surface area contributed by atoms with Gasteiger partial charge in [-0.1, -0.05) is 20.3 Å². The van der Waals surface area contributed by atoms with Crippen molar-refractivity contribution >= 4 is 0 Å². The molecule has 1 rings (SSSR count). The van der Waals surface area contributed by atoms with Crippen molar-refractivity contribution in [1.29, 1.82) is 0 Å². The number of nitrogens with two attached hydrogens (primary N) is 1. The van der Waals surface area contributed by atoms with Crippen LogP contribution < -0.4 is 5.73 Å². The Balaban J connectivity index is 2.25. The Morgan fingerprint density at radius 1 is 1.27 bits per heavy atom. The largest absolute Gasteiger partial charge is 0.330 e. The molecule has 0 aromatic rings. The average Bonchev–Trinajstić information content (AvgIpc) is 3.01. The zero-order valence-corrected chi connectivity index (χ0v) is 10.5. The highest BCUT2D eigenvalue weighted by atomic mass is 15.1. The molecule has 0 aliphatic heterocycles. The van der Waals surface area contributed by atoms with Crippen LogP contribution in [0.25, 0.3) is 0 Å². The van der Waals surface area contributed by atoms with Crippen LogP contribution in [0.3, 0.4) is 0 Å². The summed E-state index contributed by atoms with van der Waals surface area (Å²) in [4.78, 5) is 2.64. The molecule has 2 nitrogen and oxygen atoms in total. The lowest BCUT2D eigenvalue weighted by Gasteiger charge is -2.26. The Labute approximate surface area is 95.2 Å². The smallest absolute Gasteiger partial charge is 0.00218 e. The van der Waals surface area contributed by atoms with Gasteiger partial charge in [0.05, 0.1) is 0 Å². The molecular weight excluding hydrogens is 184 g/mol. The summed E-state index contributed by atoms with van der Waals surface area (Å²) >= 11 is 0. The highest BCUT2D eigenvalue weighted by Gasteiger charge is 2.24. The van der Waals surface area contributed by atoms with E-state index in [1.807, 2.05) is 0 Å². The predicted molar refractivity (Wildman–Crippen MR) is 66.9 cm³/mol. The van der Waals surface area contributed by atoms with Gasteiger partial charge < -0.3 is 10.6 Å². The Morgan fingerprint density at radius 3 is 2.47 bits per heavy atom. The van der Waals surface area contributed by atoms with Crippen LogP contribution in [0.5, 0.6) is 0 Å². The van der Waals surface area contributed by atoms with Gasteiger partial charge in [0, 0.05) is 13.1 Å². The van der Waals surface area contributed by atoms with E-state index in [2.05, 4.69) is 18.7 Å². The van der Waals surface area contributed by atoms with Crippen LogP contribution in [-0.2, 0) is 0 Å². The van der Waals surface area contributed by atoms with Crippen molar-refractivity contribution in [1.82, 2.24) is 4.90 Å². The van der Waals surface area contributed by atoms with Gasteiger partial charge in [-0.3, -0.25) is 0 Å². The second-order valence-corrected chi connectivity index (χ2v) is 5.09. The molecule has 2 heteroatoms. The lowest BCUT2D eigenvalue weighted by atomic mass is 10.0. The van der Waals surface area contributed by atoms with Crippen molar-refractivity contribution in [3.63, 3.8) is 0 Å². The molecule has 0 aromatic carbocycles. The first-order valence-corrected chi connectivity index (χ1v) is 6.72. The molecule has 1 fully saturated rings. The second-order valence-electron chi connectivity index (χ2n) is 5.09. The van der Waals surface area contributed by atoms with E-state index in [0.717, 1.165) is 18.4 Å². The third kappa shape index (κ3) is 5.53. The Bertz CT molecular complexity index is 155. The van der Waals surface area contributed by atoms with Gasteiger partial charge in [0.1, 0.15) is 0 Å². The highest BCUT2D eigenvalue weighted by Crippen LogP contribution is 2.30. The summed E-state index contributed by atoms with van der Waals surface area (Å²) in [5, 5.41) is 0. The highest BCUT2D eigenvalue weighted by molar-refractivity contribution is 4.78. The molecule has 1 atom stereocenters. The maximum absolute atomic E-state index is 5.82. The zero-order chi connectivity index (χ0) is 11.1. The SMILES string of the molecule is CCCC(CN)CN(CCC)CC1CC1. The van der Waals surface area contributed by atoms with Crippen LogP contribution in [0.2, 0.25) is 0 Å². The van der Waals surface area contributed by atoms with Gasteiger partial charge >= 0.3 is 0 Å². The molecule has 0 bridgehead atoms. The minimum Gasteiger partial charge on any atom is -0.330 e. The number of hydrogen-bond donors (Lipinski definition) is 1. The molecule has 1 saturated carbocycles. The minimum absolute atomic E-state index is 0.722. The van der Waals surface area contributed by atoms with Crippen LogP contribution in [0, 0.1) is 11.8 Å². The fourth-order valence-corrected chi connectivity index (χ4v) is 2.30. The molecule has 0 spiro atoms. The van der Waals surface area contributed by atoms with E-state index in [-0.39, 0.29) is 0 Å². The van der Waals surface area contributed by atoms with Crippen molar-refractivity contribution in [2.45, 2.75) is 46.0 Å². The minimum atomic E-state index is 0.722. The van der Waals surface area contributed by atoms with Gasteiger partial charge in [-0.25, -0.2) is 0 Å². The first-order chi connectivity index (χ1) is 7.30. The van der Waals surface area contributed by atoms with Crippen molar-refractivity contribution < 1.29 is 0 Å². The number of hydrogen-bond acceptors (Lipinski definition) is 2. The topological polar surface area (TPSA) is 29.3 Å². The Hall–Kier alpha value is -0.0800. The van der Waals surface area contributed by atoms with Gasteiger partial charge in [-0.15, -0.1) is 0 Å². The van der Waals surface area contributed by atoms with Gasteiger partial charge in [0.25, 0.3) is 0 Å². The van der Waals surface area contributed by atoms with E-state index in [9.17, 15) is 0 Å². The number of nitrogens with zero attached hydrogens (tertiary/aromatic N) is 1. The molecule has 1 aliphatic rings. The fraction of sp³-hybridized carbons (Fsp3) is 1.00. The van der Waals surface area contributed by atoms with E-state index in [0.29, 0.717) is 0 Å². The molecule has 0 heterocycles. The number of rotatable bonds is 9. The summed E-state index contributed by atoms with van der Waals surface area (Å²) in [5.41, 5.74) is 5.82. The van der Waals surface area contributed by atoms with Crippen LogP contribution in [0.4, 0.5) is 0 Å². The van der Waals surface area contributed by atoms with Crippen LogP contribution in [0.15, 0.2) is 0 Å². The molecular formula is C13H28N2.